The monoisotopic (exact) mass is 365 g/mol. The fourth-order valence-corrected chi connectivity index (χ4v) is 4.73. The first-order chi connectivity index (χ1) is 13.1. The third kappa shape index (κ3) is 2.43. The first-order valence-corrected chi connectivity index (χ1v) is 9.56. The molecule has 1 saturated carbocycles. The number of benzene rings is 1. The Morgan fingerprint density at radius 2 is 1.89 bits per heavy atom. The van der Waals surface area contributed by atoms with Gasteiger partial charge in [-0.05, 0) is 31.9 Å². The van der Waals surface area contributed by atoms with Gasteiger partial charge in [0, 0.05) is 25.4 Å². The Balaban J connectivity index is 1.59. The van der Waals surface area contributed by atoms with Crippen molar-refractivity contribution in [3.05, 3.63) is 64.1 Å². The molecule has 1 aromatic heterocycles. The van der Waals surface area contributed by atoms with Crippen molar-refractivity contribution < 1.29 is 9.53 Å². The van der Waals surface area contributed by atoms with E-state index in [4.69, 9.17) is 4.74 Å². The molecule has 0 radical (unpaired) electrons. The number of amides is 1. The number of aromatic nitrogens is 1. The molecule has 2 aromatic rings. The van der Waals surface area contributed by atoms with Crippen LogP contribution in [0.25, 0.3) is 0 Å². The molecule has 1 amide bonds. The lowest BCUT2D eigenvalue weighted by Crippen LogP contribution is -2.64. The van der Waals surface area contributed by atoms with Gasteiger partial charge in [-0.2, -0.15) is 0 Å². The van der Waals surface area contributed by atoms with Gasteiger partial charge in [0.15, 0.2) is 11.4 Å². The van der Waals surface area contributed by atoms with Crippen LogP contribution in [0.15, 0.2) is 47.4 Å². The second-order valence-corrected chi connectivity index (χ2v) is 7.81. The van der Waals surface area contributed by atoms with Crippen molar-refractivity contribution in [2.75, 3.05) is 20.1 Å². The highest BCUT2D eigenvalue weighted by Crippen LogP contribution is 2.53. The zero-order chi connectivity index (χ0) is 18.6. The molecule has 1 spiro atoms. The van der Waals surface area contributed by atoms with Crippen molar-refractivity contribution in [2.24, 2.45) is 0 Å². The summed E-state index contributed by atoms with van der Waals surface area (Å²) in [7, 11) is 2.09. The summed E-state index contributed by atoms with van der Waals surface area (Å²) in [6.45, 7) is 2.00. The molecule has 3 heterocycles. The van der Waals surface area contributed by atoms with Gasteiger partial charge in [-0.25, -0.2) is 0 Å². The molecule has 140 valence electrons. The fraction of sp³-hybridized carbons (Fsp3) is 0.429. The van der Waals surface area contributed by atoms with E-state index in [1.54, 1.807) is 6.20 Å². The second kappa shape index (κ2) is 5.96. The number of ether oxygens (including phenoxy) is 1. The van der Waals surface area contributed by atoms with Crippen molar-refractivity contribution in [1.29, 1.82) is 0 Å². The van der Waals surface area contributed by atoms with Gasteiger partial charge < -0.3 is 14.2 Å². The molecule has 3 aliphatic rings. The quantitative estimate of drug-likeness (QED) is 0.835. The summed E-state index contributed by atoms with van der Waals surface area (Å²) in [5, 5.41) is 0. The van der Waals surface area contributed by atoms with Gasteiger partial charge >= 0.3 is 0 Å². The third-order valence-electron chi connectivity index (χ3n) is 6.09. The molecule has 1 aliphatic carbocycles. The predicted octanol–water partition coefficient (Wildman–Crippen LogP) is 2.03. The van der Waals surface area contributed by atoms with E-state index in [0.29, 0.717) is 5.69 Å². The van der Waals surface area contributed by atoms with Gasteiger partial charge in [0.05, 0.1) is 5.54 Å². The third-order valence-corrected chi connectivity index (χ3v) is 6.09. The summed E-state index contributed by atoms with van der Waals surface area (Å²) in [4.78, 5) is 30.2. The predicted molar refractivity (Wildman–Crippen MR) is 101 cm³/mol. The van der Waals surface area contributed by atoms with Crippen LogP contribution in [0.5, 0.6) is 5.75 Å². The molecule has 6 nitrogen and oxygen atoms in total. The van der Waals surface area contributed by atoms with E-state index in [1.807, 2.05) is 39.8 Å². The number of carbonyl (C=O) groups is 1. The van der Waals surface area contributed by atoms with Crippen LogP contribution in [0.3, 0.4) is 0 Å². The highest BCUT2D eigenvalue weighted by Gasteiger charge is 2.60. The Morgan fingerprint density at radius 1 is 1.11 bits per heavy atom. The van der Waals surface area contributed by atoms with E-state index in [2.05, 4.69) is 11.9 Å². The number of fused-ring (bicyclic) bond motifs is 4. The maximum Gasteiger partial charge on any atom is 0.275 e. The smallest absolute Gasteiger partial charge is 0.275 e. The molecule has 1 saturated heterocycles. The number of hydrogen-bond acceptors (Lipinski definition) is 4. The number of likely N-dealkylation sites (N-methyl/N-ethyl adjacent to an activating group) is 1. The van der Waals surface area contributed by atoms with E-state index in [0.717, 1.165) is 37.9 Å². The van der Waals surface area contributed by atoms with E-state index in [1.165, 1.54) is 6.07 Å². The van der Waals surface area contributed by atoms with E-state index < -0.39 is 0 Å². The van der Waals surface area contributed by atoms with Crippen LogP contribution in [0.1, 0.15) is 35.3 Å². The van der Waals surface area contributed by atoms with Gasteiger partial charge in [-0.3, -0.25) is 14.5 Å². The summed E-state index contributed by atoms with van der Waals surface area (Å²) < 4.78 is 7.95. The van der Waals surface area contributed by atoms with Crippen LogP contribution < -0.4 is 10.2 Å². The topological polar surface area (TPSA) is 54.8 Å². The Morgan fingerprint density at radius 3 is 2.63 bits per heavy atom. The molecule has 27 heavy (non-hydrogen) atoms. The summed E-state index contributed by atoms with van der Waals surface area (Å²) in [5.74, 6) is 0.0918. The van der Waals surface area contributed by atoms with Crippen LogP contribution >= 0.6 is 0 Å². The fourth-order valence-electron chi connectivity index (χ4n) is 4.73. The van der Waals surface area contributed by atoms with Crippen molar-refractivity contribution in [2.45, 2.75) is 37.6 Å². The normalized spacial score (nSPS) is 23.1. The highest BCUT2D eigenvalue weighted by molar-refractivity contribution is 5.96. The number of pyridine rings is 1. The van der Waals surface area contributed by atoms with Crippen molar-refractivity contribution in [3.8, 4) is 5.75 Å². The SMILES string of the molecule is CN1CCCN2C(=O)c3c(OCc4ccccc4)c(=O)ccn3C3(CC3)C12. The van der Waals surface area contributed by atoms with E-state index in [-0.39, 0.29) is 35.4 Å². The maximum absolute atomic E-state index is 13.4. The molecule has 0 bridgehead atoms. The first kappa shape index (κ1) is 16.6. The average molecular weight is 365 g/mol. The Labute approximate surface area is 158 Å². The van der Waals surface area contributed by atoms with E-state index in [9.17, 15) is 9.59 Å². The standard InChI is InChI=1S/C21H23N3O3/c1-22-11-5-12-23-19(26)17-18(27-14-15-6-3-2-4-7-15)16(25)8-13-24(17)21(9-10-21)20(22)23/h2-4,6-8,13,20H,5,9-12,14H2,1H3. The zero-order valence-corrected chi connectivity index (χ0v) is 15.4. The molecule has 1 unspecified atom stereocenters. The molecule has 1 aromatic carbocycles. The molecular weight excluding hydrogens is 342 g/mol. The van der Waals surface area contributed by atoms with Crippen LogP contribution in [0.4, 0.5) is 0 Å². The number of rotatable bonds is 3. The largest absolute Gasteiger partial charge is 0.483 e. The van der Waals surface area contributed by atoms with Crippen LogP contribution in [0, 0.1) is 0 Å². The second-order valence-electron chi connectivity index (χ2n) is 7.81. The number of carbonyl (C=O) groups excluding carboxylic acids is 1. The zero-order valence-electron chi connectivity index (χ0n) is 15.4. The molecule has 5 rings (SSSR count). The van der Waals surface area contributed by atoms with Crippen molar-refractivity contribution in [3.63, 3.8) is 0 Å². The maximum atomic E-state index is 13.4. The van der Waals surface area contributed by atoms with Crippen molar-refractivity contribution >= 4 is 5.91 Å². The number of hydrogen-bond donors (Lipinski definition) is 0. The lowest BCUT2D eigenvalue weighted by molar-refractivity contribution is -0.0259. The molecule has 0 N–H and O–H groups in total. The summed E-state index contributed by atoms with van der Waals surface area (Å²) in [5.41, 5.74) is 1.03. The summed E-state index contributed by atoms with van der Waals surface area (Å²) >= 11 is 0. The molecule has 1 atom stereocenters. The molecule has 2 fully saturated rings. The molecule has 2 aliphatic heterocycles. The Kier molecular flexibility index (Phi) is 3.65. The summed E-state index contributed by atoms with van der Waals surface area (Å²) in [6.07, 6.45) is 4.83. The Bertz CT molecular complexity index is 949. The van der Waals surface area contributed by atoms with Crippen molar-refractivity contribution in [1.82, 2.24) is 14.4 Å². The summed E-state index contributed by atoms with van der Waals surface area (Å²) in [6, 6.07) is 11.3. The first-order valence-electron chi connectivity index (χ1n) is 9.56. The average Bonchev–Trinajstić information content (AvgIpc) is 3.47. The number of nitrogens with zero attached hydrogens (tertiary/aromatic N) is 3. The Hall–Kier alpha value is -2.60. The van der Waals surface area contributed by atoms with Gasteiger partial charge in [0.1, 0.15) is 12.8 Å². The van der Waals surface area contributed by atoms with Crippen LogP contribution in [0.2, 0.25) is 0 Å². The van der Waals surface area contributed by atoms with Gasteiger partial charge in [-0.1, -0.05) is 30.3 Å². The minimum Gasteiger partial charge on any atom is -0.483 e. The van der Waals surface area contributed by atoms with Gasteiger partial charge in [0.2, 0.25) is 5.43 Å². The lowest BCUT2D eigenvalue weighted by atomic mass is 10.00. The lowest BCUT2D eigenvalue weighted by Gasteiger charge is -2.50. The van der Waals surface area contributed by atoms with E-state index >= 15 is 0 Å². The highest BCUT2D eigenvalue weighted by atomic mass is 16.5. The van der Waals surface area contributed by atoms with Crippen LogP contribution in [-0.2, 0) is 12.1 Å². The molecular formula is C21H23N3O3. The van der Waals surface area contributed by atoms with Gasteiger partial charge in [0.25, 0.3) is 5.91 Å². The van der Waals surface area contributed by atoms with Gasteiger partial charge in [-0.15, -0.1) is 0 Å². The molecule has 6 heteroatoms. The van der Waals surface area contributed by atoms with Crippen LogP contribution in [-0.4, -0.2) is 46.6 Å². The minimum atomic E-state index is -0.231. The minimum absolute atomic E-state index is 0.0655.